The van der Waals surface area contributed by atoms with Crippen molar-refractivity contribution in [1.29, 1.82) is 0 Å². The molecule has 5 heteroatoms. The first kappa shape index (κ1) is 12.0. The van der Waals surface area contributed by atoms with Gasteiger partial charge in [-0.15, -0.1) is 0 Å². The van der Waals surface area contributed by atoms with Gasteiger partial charge in [-0.3, -0.25) is 0 Å². The first-order valence-corrected chi connectivity index (χ1v) is 6.20. The highest BCUT2D eigenvalue weighted by Crippen LogP contribution is 2.14. The third kappa shape index (κ3) is 3.23. The monoisotopic (exact) mass is 292 g/mol. The lowest BCUT2D eigenvalue weighted by atomic mass is 10.1. The number of nitrogens with two attached hydrogens (primary N) is 1. The summed E-state index contributed by atoms with van der Waals surface area (Å²) >= 11 is 3.44. The van der Waals surface area contributed by atoms with Gasteiger partial charge in [0.1, 0.15) is 11.6 Å². The van der Waals surface area contributed by atoms with Gasteiger partial charge in [0.25, 0.3) is 0 Å². The topological polar surface area (TPSA) is 64.7 Å². The first-order valence-electron chi connectivity index (χ1n) is 5.41. The number of hydrogen-bond acceptors (Lipinski definition) is 4. The number of rotatable bonds is 3. The second-order valence-corrected chi connectivity index (χ2v) is 4.60. The van der Waals surface area contributed by atoms with Crippen LogP contribution in [0.5, 0.6) is 0 Å². The van der Waals surface area contributed by atoms with Crippen LogP contribution in [0.3, 0.4) is 0 Å². The normalized spacial score (nSPS) is 10.5. The summed E-state index contributed by atoms with van der Waals surface area (Å²) in [5, 5.41) is 0. The lowest BCUT2D eigenvalue weighted by molar-refractivity contribution is 0.845. The van der Waals surface area contributed by atoms with Crippen LogP contribution in [0.1, 0.15) is 24.1 Å². The SMILES string of the molecule is CCc1nc(N)nc(Cc2cccc(Br)c2)n1. The molecule has 0 saturated heterocycles. The molecule has 0 unspecified atom stereocenters. The molecule has 0 saturated carbocycles. The van der Waals surface area contributed by atoms with Gasteiger partial charge in [0, 0.05) is 17.3 Å². The van der Waals surface area contributed by atoms with Crippen molar-refractivity contribution in [2.75, 3.05) is 5.73 Å². The Morgan fingerprint density at radius 3 is 2.65 bits per heavy atom. The molecular formula is C12H13BrN4. The minimum atomic E-state index is 0.293. The Morgan fingerprint density at radius 1 is 1.18 bits per heavy atom. The van der Waals surface area contributed by atoms with Gasteiger partial charge in [0.05, 0.1) is 0 Å². The van der Waals surface area contributed by atoms with Crippen molar-refractivity contribution in [2.24, 2.45) is 0 Å². The molecule has 1 heterocycles. The number of halogens is 1. The summed E-state index contributed by atoms with van der Waals surface area (Å²) in [6, 6.07) is 8.06. The maximum Gasteiger partial charge on any atom is 0.223 e. The number of aryl methyl sites for hydroxylation is 1. The third-order valence-electron chi connectivity index (χ3n) is 2.31. The Hall–Kier alpha value is -1.49. The average Bonchev–Trinajstić information content (AvgIpc) is 2.28. The van der Waals surface area contributed by atoms with Crippen molar-refractivity contribution in [3.63, 3.8) is 0 Å². The predicted octanol–water partition coefficient (Wildman–Crippen LogP) is 2.37. The van der Waals surface area contributed by atoms with Gasteiger partial charge in [-0.25, -0.2) is 4.98 Å². The van der Waals surface area contributed by atoms with E-state index in [0.29, 0.717) is 18.2 Å². The maximum absolute atomic E-state index is 5.65. The molecule has 17 heavy (non-hydrogen) atoms. The first-order chi connectivity index (χ1) is 8.17. The van der Waals surface area contributed by atoms with Gasteiger partial charge < -0.3 is 5.73 Å². The highest BCUT2D eigenvalue weighted by molar-refractivity contribution is 9.10. The molecule has 0 bridgehead atoms. The zero-order valence-electron chi connectivity index (χ0n) is 9.52. The Bertz CT molecular complexity index is 528. The van der Waals surface area contributed by atoms with Crippen LogP contribution >= 0.6 is 15.9 Å². The van der Waals surface area contributed by atoms with Crippen molar-refractivity contribution in [3.8, 4) is 0 Å². The van der Waals surface area contributed by atoms with E-state index in [-0.39, 0.29) is 0 Å². The smallest absolute Gasteiger partial charge is 0.223 e. The van der Waals surface area contributed by atoms with E-state index in [0.717, 1.165) is 22.3 Å². The van der Waals surface area contributed by atoms with Crippen LogP contribution < -0.4 is 5.73 Å². The summed E-state index contributed by atoms with van der Waals surface area (Å²) in [5.74, 6) is 1.75. The molecule has 0 amide bonds. The molecule has 0 aliphatic heterocycles. The van der Waals surface area contributed by atoms with E-state index in [1.54, 1.807) is 0 Å². The molecule has 0 atom stereocenters. The fourth-order valence-electron chi connectivity index (χ4n) is 1.56. The van der Waals surface area contributed by atoms with Crippen molar-refractivity contribution >= 4 is 21.9 Å². The van der Waals surface area contributed by atoms with Crippen LogP contribution in [0.25, 0.3) is 0 Å². The van der Waals surface area contributed by atoms with Crippen LogP contribution in [-0.2, 0) is 12.8 Å². The number of hydrogen-bond donors (Lipinski definition) is 1. The van der Waals surface area contributed by atoms with E-state index in [1.165, 1.54) is 0 Å². The molecular weight excluding hydrogens is 280 g/mol. The molecule has 0 spiro atoms. The molecule has 0 fully saturated rings. The van der Waals surface area contributed by atoms with Gasteiger partial charge >= 0.3 is 0 Å². The predicted molar refractivity (Wildman–Crippen MR) is 70.6 cm³/mol. The fraction of sp³-hybridized carbons (Fsp3) is 0.250. The molecule has 4 nitrogen and oxygen atoms in total. The largest absolute Gasteiger partial charge is 0.368 e. The van der Waals surface area contributed by atoms with E-state index >= 15 is 0 Å². The Balaban J connectivity index is 2.26. The number of nitrogen functional groups attached to an aromatic ring is 1. The van der Waals surface area contributed by atoms with Gasteiger partial charge in [0.2, 0.25) is 5.95 Å². The van der Waals surface area contributed by atoms with Gasteiger partial charge in [0.15, 0.2) is 0 Å². The lowest BCUT2D eigenvalue weighted by Crippen LogP contribution is -2.07. The number of anilines is 1. The summed E-state index contributed by atoms with van der Waals surface area (Å²) in [6.07, 6.45) is 1.43. The number of aromatic nitrogens is 3. The third-order valence-corrected chi connectivity index (χ3v) is 2.81. The highest BCUT2D eigenvalue weighted by Gasteiger charge is 2.04. The molecule has 88 valence electrons. The summed E-state index contributed by atoms with van der Waals surface area (Å²) in [4.78, 5) is 12.6. The number of benzene rings is 1. The minimum absolute atomic E-state index is 0.293. The van der Waals surface area contributed by atoms with Crippen LogP contribution in [0.15, 0.2) is 28.7 Å². The van der Waals surface area contributed by atoms with Crippen LogP contribution in [0.2, 0.25) is 0 Å². The second kappa shape index (κ2) is 5.23. The maximum atomic E-state index is 5.65. The van der Waals surface area contributed by atoms with Crippen LogP contribution in [0, 0.1) is 0 Å². The fourth-order valence-corrected chi connectivity index (χ4v) is 2.00. The quantitative estimate of drug-likeness (QED) is 0.943. The molecule has 1 aromatic carbocycles. The summed E-state index contributed by atoms with van der Waals surface area (Å²) in [7, 11) is 0. The molecule has 1 aromatic heterocycles. The standard InChI is InChI=1S/C12H13BrN4/c1-2-10-15-11(17-12(14)16-10)7-8-4-3-5-9(13)6-8/h3-6H,2,7H2,1H3,(H2,14,15,16,17). The molecule has 2 rings (SSSR count). The Morgan fingerprint density at radius 2 is 1.94 bits per heavy atom. The lowest BCUT2D eigenvalue weighted by Gasteiger charge is -2.04. The molecule has 2 N–H and O–H groups in total. The van der Waals surface area contributed by atoms with E-state index in [4.69, 9.17) is 5.73 Å². The van der Waals surface area contributed by atoms with Crippen LogP contribution in [-0.4, -0.2) is 15.0 Å². The molecule has 0 radical (unpaired) electrons. The van der Waals surface area contributed by atoms with E-state index < -0.39 is 0 Å². The Labute approximate surface area is 108 Å². The zero-order chi connectivity index (χ0) is 12.3. The number of nitrogens with zero attached hydrogens (tertiary/aromatic N) is 3. The highest BCUT2D eigenvalue weighted by atomic mass is 79.9. The average molecular weight is 293 g/mol. The van der Waals surface area contributed by atoms with Crippen molar-refractivity contribution < 1.29 is 0 Å². The minimum Gasteiger partial charge on any atom is -0.368 e. The summed E-state index contributed by atoms with van der Waals surface area (Å²) < 4.78 is 1.05. The van der Waals surface area contributed by atoms with Crippen molar-refractivity contribution in [3.05, 3.63) is 46.0 Å². The van der Waals surface area contributed by atoms with Crippen molar-refractivity contribution in [2.45, 2.75) is 19.8 Å². The summed E-state index contributed by atoms with van der Waals surface area (Å²) in [5.41, 5.74) is 6.79. The van der Waals surface area contributed by atoms with Gasteiger partial charge in [-0.1, -0.05) is 35.0 Å². The Kier molecular flexibility index (Phi) is 3.68. The molecule has 0 aliphatic rings. The van der Waals surface area contributed by atoms with E-state index in [1.807, 2.05) is 31.2 Å². The summed E-state index contributed by atoms with van der Waals surface area (Å²) in [6.45, 7) is 2.00. The van der Waals surface area contributed by atoms with Gasteiger partial charge in [-0.2, -0.15) is 9.97 Å². The second-order valence-electron chi connectivity index (χ2n) is 3.69. The molecule has 2 aromatic rings. The van der Waals surface area contributed by atoms with E-state index in [9.17, 15) is 0 Å². The van der Waals surface area contributed by atoms with Crippen LogP contribution in [0.4, 0.5) is 5.95 Å². The van der Waals surface area contributed by atoms with Gasteiger partial charge in [-0.05, 0) is 17.7 Å². The van der Waals surface area contributed by atoms with Crippen molar-refractivity contribution in [1.82, 2.24) is 15.0 Å². The zero-order valence-corrected chi connectivity index (χ0v) is 11.1. The molecule has 0 aliphatic carbocycles. The van der Waals surface area contributed by atoms with E-state index in [2.05, 4.69) is 30.9 Å².